The van der Waals surface area contributed by atoms with Gasteiger partial charge in [-0.1, -0.05) is 12.1 Å². The number of amides is 2. The zero-order chi connectivity index (χ0) is 14.8. The summed E-state index contributed by atoms with van der Waals surface area (Å²) in [6.45, 7) is 0. The van der Waals surface area contributed by atoms with E-state index in [1.165, 1.54) is 9.80 Å². The van der Waals surface area contributed by atoms with Gasteiger partial charge in [0, 0.05) is 18.9 Å². The number of carboxylic acids is 1. The number of carboxylic acid groups (broad SMARTS) is 1. The van der Waals surface area contributed by atoms with Gasteiger partial charge in [-0.3, -0.25) is 14.5 Å². The highest BCUT2D eigenvalue weighted by molar-refractivity contribution is 6.15. The number of hydrogen-bond acceptors (Lipinski definition) is 3. The lowest BCUT2D eigenvalue weighted by atomic mass is 9.96. The SMILES string of the molecule is O=C1CCC2(C(=O)O)N1c1ccccc1C(=O)N2C1CC1. The summed E-state index contributed by atoms with van der Waals surface area (Å²) < 4.78 is 0. The van der Waals surface area contributed by atoms with Crippen LogP contribution < -0.4 is 4.90 Å². The normalized spacial score (nSPS) is 27.6. The molecular formula is C15H14N2O4. The lowest BCUT2D eigenvalue weighted by Crippen LogP contribution is -2.68. The van der Waals surface area contributed by atoms with Crippen molar-refractivity contribution in [3.8, 4) is 0 Å². The van der Waals surface area contributed by atoms with Gasteiger partial charge in [-0.2, -0.15) is 0 Å². The van der Waals surface area contributed by atoms with Crippen molar-refractivity contribution in [1.29, 1.82) is 0 Å². The second-order valence-corrected chi connectivity index (χ2v) is 5.77. The van der Waals surface area contributed by atoms with Crippen LogP contribution in [0.2, 0.25) is 0 Å². The molecule has 2 heterocycles. The fraction of sp³-hybridized carbons (Fsp3) is 0.400. The number of nitrogens with zero attached hydrogens (tertiary/aromatic N) is 2. The highest BCUT2D eigenvalue weighted by atomic mass is 16.4. The van der Waals surface area contributed by atoms with Crippen molar-refractivity contribution in [3.05, 3.63) is 29.8 Å². The summed E-state index contributed by atoms with van der Waals surface area (Å²) in [6.07, 6.45) is 1.89. The number of fused-ring (bicyclic) bond motifs is 3. The first-order valence-corrected chi connectivity index (χ1v) is 7.06. The molecule has 2 fully saturated rings. The van der Waals surface area contributed by atoms with Crippen LogP contribution in [-0.2, 0) is 9.59 Å². The quantitative estimate of drug-likeness (QED) is 0.886. The zero-order valence-corrected chi connectivity index (χ0v) is 11.3. The molecule has 2 amide bonds. The van der Waals surface area contributed by atoms with Crippen molar-refractivity contribution < 1.29 is 19.5 Å². The van der Waals surface area contributed by atoms with Crippen molar-refractivity contribution in [2.75, 3.05) is 4.90 Å². The number of hydrogen-bond donors (Lipinski definition) is 1. The Morgan fingerprint density at radius 2 is 1.95 bits per heavy atom. The van der Waals surface area contributed by atoms with Gasteiger partial charge in [0.05, 0.1) is 11.3 Å². The minimum atomic E-state index is -1.54. The van der Waals surface area contributed by atoms with E-state index in [9.17, 15) is 19.5 Å². The van der Waals surface area contributed by atoms with Crippen LogP contribution in [0, 0.1) is 0 Å². The third-order valence-corrected chi connectivity index (χ3v) is 4.55. The maximum absolute atomic E-state index is 12.8. The summed E-state index contributed by atoms with van der Waals surface area (Å²) >= 11 is 0. The van der Waals surface area contributed by atoms with Gasteiger partial charge in [0.25, 0.3) is 5.91 Å². The molecule has 21 heavy (non-hydrogen) atoms. The van der Waals surface area contributed by atoms with E-state index in [0.717, 1.165) is 12.8 Å². The van der Waals surface area contributed by atoms with Gasteiger partial charge in [0.15, 0.2) is 0 Å². The molecule has 108 valence electrons. The van der Waals surface area contributed by atoms with Gasteiger partial charge in [-0.15, -0.1) is 0 Å². The maximum Gasteiger partial charge on any atom is 0.351 e. The molecule has 1 N–H and O–H groups in total. The minimum absolute atomic E-state index is 0.0737. The Balaban J connectivity index is 2.00. The van der Waals surface area contributed by atoms with Gasteiger partial charge >= 0.3 is 5.97 Å². The third-order valence-electron chi connectivity index (χ3n) is 4.55. The number of rotatable bonds is 2. The second kappa shape index (κ2) is 3.84. The average Bonchev–Trinajstić information content (AvgIpc) is 3.23. The van der Waals surface area contributed by atoms with Crippen molar-refractivity contribution in [3.63, 3.8) is 0 Å². The monoisotopic (exact) mass is 286 g/mol. The van der Waals surface area contributed by atoms with Crippen molar-refractivity contribution >= 4 is 23.5 Å². The number of para-hydroxylation sites is 1. The van der Waals surface area contributed by atoms with E-state index in [1.54, 1.807) is 24.3 Å². The molecule has 1 aliphatic carbocycles. The Bertz CT molecular complexity index is 682. The topological polar surface area (TPSA) is 77.9 Å². The van der Waals surface area contributed by atoms with Crippen LogP contribution in [0.4, 0.5) is 5.69 Å². The predicted molar refractivity (Wildman–Crippen MR) is 72.7 cm³/mol. The molecule has 0 radical (unpaired) electrons. The zero-order valence-electron chi connectivity index (χ0n) is 11.3. The van der Waals surface area contributed by atoms with Crippen LogP contribution in [0.3, 0.4) is 0 Å². The van der Waals surface area contributed by atoms with E-state index in [0.29, 0.717) is 11.3 Å². The van der Waals surface area contributed by atoms with Crippen molar-refractivity contribution in [2.45, 2.75) is 37.4 Å². The van der Waals surface area contributed by atoms with Gasteiger partial charge in [-0.05, 0) is 25.0 Å². The molecule has 1 aromatic carbocycles. The van der Waals surface area contributed by atoms with Crippen molar-refractivity contribution in [2.24, 2.45) is 0 Å². The summed E-state index contributed by atoms with van der Waals surface area (Å²) in [5.74, 6) is -1.63. The van der Waals surface area contributed by atoms with Crippen LogP contribution in [0.25, 0.3) is 0 Å². The first-order chi connectivity index (χ1) is 10.1. The standard InChI is InChI=1S/C15H14N2O4/c18-12-7-8-15(14(20)21)16(9-5-6-9)13(19)10-3-1-2-4-11(10)17(12)15/h1-4,9H,5-8H2,(H,20,21). The molecule has 1 aromatic rings. The van der Waals surface area contributed by atoms with E-state index in [1.807, 2.05) is 0 Å². The summed E-state index contributed by atoms with van der Waals surface area (Å²) in [5.41, 5.74) is -0.704. The number of carbonyl (C=O) groups is 3. The third kappa shape index (κ3) is 1.39. The Kier molecular flexibility index (Phi) is 2.26. The number of aliphatic carboxylic acids is 1. The van der Waals surface area contributed by atoms with Crippen LogP contribution in [0.15, 0.2) is 24.3 Å². The Hall–Kier alpha value is -2.37. The molecule has 0 aromatic heterocycles. The fourth-order valence-corrected chi connectivity index (χ4v) is 3.53. The number of anilines is 1. The van der Waals surface area contributed by atoms with Crippen LogP contribution in [0.1, 0.15) is 36.0 Å². The molecule has 1 atom stereocenters. The molecule has 6 nitrogen and oxygen atoms in total. The van der Waals surface area contributed by atoms with Gasteiger partial charge in [-0.25, -0.2) is 4.79 Å². The molecule has 1 saturated carbocycles. The molecule has 6 heteroatoms. The molecule has 1 unspecified atom stereocenters. The molecular weight excluding hydrogens is 272 g/mol. The van der Waals surface area contributed by atoms with E-state index < -0.39 is 11.6 Å². The van der Waals surface area contributed by atoms with Crippen LogP contribution >= 0.6 is 0 Å². The summed E-state index contributed by atoms with van der Waals surface area (Å²) in [6, 6.07) is 6.69. The minimum Gasteiger partial charge on any atom is -0.478 e. The number of benzene rings is 1. The molecule has 4 rings (SSSR count). The fourth-order valence-electron chi connectivity index (χ4n) is 3.53. The molecule has 0 bridgehead atoms. The van der Waals surface area contributed by atoms with E-state index in [2.05, 4.69) is 0 Å². The summed E-state index contributed by atoms with van der Waals surface area (Å²) in [5, 5.41) is 9.82. The smallest absolute Gasteiger partial charge is 0.351 e. The van der Waals surface area contributed by atoms with Crippen molar-refractivity contribution in [1.82, 2.24) is 4.90 Å². The average molecular weight is 286 g/mol. The lowest BCUT2D eigenvalue weighted by Gasteiger charge is -2.47. The highest BCUT2D eigenvalue weighted by Crippen LogP contribution is 2.48. The Labute approximate surface area is 120 Å². The first kappa shape index (κ1) is 12.4. The Morgan fingerprint density at radius 1 is 1.24 bits per heavy atom. The predicted octanol–water partition coefficient (Wildman–Crippen LogP) is 1.21. The van der Waals surface area contributed by atoms with Gasteiger partial charge in [0.1, 0.15) is 0 Å². The maximum atomic E-state index is 12.8. The van der Waals surface area contributed by atoms with E-state index in [4.69, 9.17) is 0 Å². The first-order valence-electron chi connectivity index (χ1n) is 7.06. The number of carbonyl (C=O) groups excluding carboxylic acids is 2. The molecule has 2 aliphatic heterocycles. The van der Waals surface area contributed by atoms with Gasteiger partial charge in [0.2, 0.25) is 11.6 Å². The highest BCUT2D eigenvalue weighted by Gasteiger charge is 2.63. The lowest BCUT2D eigenvalue weighted by molar-refractivity contribution is -0.150. The van der Waals surface area contributed by atoms with Crippen LogP contribution in [0.5, 0.6) is 0 Å². The molecule has 0 spiro atoms. The van der Waals surface area contributed by atoms with E-state index in [-0.39, 0.29) is 30.7 Å². The Morgan fingerprint density at radius 3 is 2.62 bits per heavy atom. The van der Waals surface area contributed by atoms with E-state index >= 15 is 0 Å². The molecule has 3 aliphatic rings. The summed E-state index contributed by atoms with van der Waals surface area (Å²) in [4.78, 5) is 39.9. The molecule has 1 saturated heterocycles. The van der Waals surface area contributed by atoms with Gasteiger partial charge < -0.3 is 10.0 Å². The largest absolute Gasteiger partial charge is 0.478 e. The van der Waals surface area contributed by atoms with Crippen LogP contribution in [-0.4, -0.2) is 39.5 Å². The summed E-state index contributed by atoms with van der Waals surface area (Å²) in [7, 11) is 0. The second-order valence-electron chi connectivity index (χ2n) is 5.77.